The molecule has 4 heteroatoms. The van der Waals surface area contributed by atoms with E-state index in [4.69, 9.17) is 11.6 Å². The Bertz CT molecular complexity index is 316. The van der Waals surface area contributed by atoms with Gasteiger partial charge in [0.1, 0.15) is 10.8 Å². The average molecular weight is 199 g/mol. The van der Waals surface area contributed by atoms with Crippen molar-refractivity contribution < 1.29 is 5.11 Å². The third-order valence-corrected chi connectivity index (χ3v) is 2.49. The number of pyridine rings is 1. The summed E-state index contributed by atoms with van der Waals surface area (Å²) in [7, 11) is 0. The Kier molecular flexibility index (Phi) is 2.02. The average Bonchev–Trinajstić information content (AvgIpc) is 1.98. The molecule has 2 rings (SSSR count). The van der Waals surface area contributed by atoms with Crippen LogP contribution in [0.3, 0.4) is 0 Å². The summed E-state index contributed by atoms with van der Waals surface area (Å²) < 4.78 is 0. The fourth-order valence-electron chi connectivity index (χ4n) is 1.46. The first-order valence-corrected chi connectivity index (χ1v) is 4.56. The molecule has 1 fully saturated rings. The summed E-state index contributed by atoms with van der Waals surface area (Å²) in [5.41, 5.74) is 0.948. The maximum atomic E-state index is 9.98. The van der Waals surface area contributed by atoms with Crippen LogP contribution in [0.25, 0.3) is 0 Å². The highest BCUT2D eigenvalue weighted by atomic mass is 35.5. The summed E-state index contributed by atoms with van der Waals surface area (Å²) in [5, 5.41) is 13.4. The lowest BCUT2D eigenvalue weighted by molar-refractivity contribution is -0.0147. The van der Waals surface area contributed by atoms with Gasteiger partial charge in [-0.3, -0.25) is 0 Å². The van der Waals surface area contributed by atoms with E-state index in [9.17, 15) is 5.11 Å². The van der Waals surface area contributed by atoms with Gasteiger partial charge in [0, 0.05) is 18.8 Å². The van der Waals surface area contributed by atoms with Gasteiger partial charge in [0.2, 0.25) is 0 Å². The second-order valence-corrected chi connectivity index (χ2v) is 3.84. The van der Waals surface area contributed by atoms with E-state index >= 15 is 0 Å². The maximum absolute atomic E-state index is 9.98. The lowest BCUT2D eigenvalue weighted by atomic mass is 9.88. The minimum Gasteiger partial charge on any atom is -0.382 e. The van der Waals surface area contributed by atoms with Crippen molar-refractivity contribution in [1.29, 1.82) is 0 Å². The van der Waals surface area contributed by atoms with Crippen LogP contribution < -0.4 is 5.32 Å². The van der Waals surface area contributed by atoms with Crippen molar-refractivity contribution in [1.82, 2.24) is 10.3 Å². The van der Waals surface area contributed by atoms with E-state index in [0.717, 1.165) is 11.3 Å². The van der Waals surface area contributed by atoms with Crippen molar-refractivity contribution in [3.63, 3.8) is 0 Å². The van der Waals surface area contributed by atoms with Crippen LogP contribution in [0.1, 0.15) is 11.3 Å². The predicted octanol–water partition coefficient (Wildman–Crippen LogP) is 0.834. The topological polar surface area (TPSA) is 45.1 Å². The molecule has 0 aromatic carbocycles. The van der Waals surface area contributed by atoms with Gasteiger partial charge in [-0.2, -0.15) is 0 Å². The molecule has 1 aromatic rings. The summed E-state index contributed by atoms with van der Waals surface area (Å²) in [6.45, 7) is 3.05. The lowest BCUT2D eigenvalue weighted by Crippen LogP contribution is -2.56. The van der Waals surface area contributed by atoms with Crippen molar-refractivity contribution in [2.24, 2.45) is 0 Å². The monoisotopic (exact) mass is 198 g/mol. The van der Waals surface area contributed by atoms with Crippen LogP contribution in [0.4, 0.5) is 0 Å². The lowest BCUT2D eigenvalue weighted by Gasteiger charge is -2.38. The molecule has 70 valence electrons. The van der Waals surface area contributed by atoms with Crippen molar-refractivity contribution >= 4 is 11.6 Å². The number of rotatable bonds is 1. The van der Waals surface area contributed by atoms with Crippen LogP contribution in [0.15, 0.2) is 12.1 Å². The van der Waals surface area contributed by atoms with Crippen molar-refractivity contribution in [3.05, 3.63) is 28.5 Å². The molecule has 2 heterocycles. The Morgan fingerprint density at radius 1 is 1.54 bits per heavy atom. The molecule has 0 amide bonds. The number of aryl methyl sites for hydroxylation is 1. The van der Waals surface area contributed by atoms with E-state index in [1.165, 1.54) is 0 Å². The van der Waals surface area contributed by atoms with E-state index < -0.39 is 5.60 Å². The second-order valence-electron chi connectivity index (χ2n) is 3.46. The molecule has 1 aromatic heterocycles. The molecule has 0 unspecified atom stereocenters. The first-order chi connectivity index (χ1) is 6.10. The van der Waals surface area contributed by atoms with E-state index in [0.29, 0.717) is 18.2 Å². The molecule has 3 nitrogen and oxygen atoms in total. The highest BCUT2D eigenvalue weighted by Gasteiger charge is 2.36. The number of hydrogen-bond donors (Lipinski definition) is 2. The van der Waals surface area contributed by atoms with Gasteiger partial charge in [-0.1, -0.05) is 11.6 Å². The number of nitrogens with zero attached hydrogens (tertiary/aromatic N) is 1. The summed E-state index contributed by atoms with van der Waals surface area (Å²) in [5.74, 6) is 0. The Morgan fingerprint density at radius 2 is 2.23 bits per heavy atom. The van der Waals surface area contributed by atoms with Gasteiger partial charge in [-0.15, -0.1) is 0 Å². The molecule has 0 atom stereocenters. The second kappa shape index (κ2) is 2.94. The van der Waals surface area contributed by atoms with Gasteiger partial charge in [0.25, 0.3) is 0 Å². The van der Waals surface area contributed by atoms with Crippen LogP contribution >= 0.6 is 11.6 Å². The zero-order chi connectivity index (χ0) is 9.47. The number of aromatic nitrogens is 1. The molecule has 0 saturated carbocycles. The number of nitrogens with one attached hydrogen (secondary N) is 1. The SMILES string of the molecule is Cc1cc(C2(O)CNC2)cc(Cl)n1. The van der Waals surface area contributed by atoms with E-state index in [1.54, 1.807) is 6.07 Å². The molecule has 0 bridgehead atoms. The van der Waals surface area contributed by atoms with Crippen LogP contribution in [-0.4, -0.2) is 23.2 Å². The molecule has 1 saturated heterocycles. The van der Waals surface area contributed by atoms with E-state index in [2.05, 4.69) is 10.3 Å². The van der Waals surface area contributed by atoms with E-state index in [-0.39, 0.29) is 0 Å². The third-order valence-electron chi connectivity index (χ3n) is 2.29. The number of β-amino-alcohol motifs (C(OH)–C–C–N with tert-alkyl or cyclic N) is 1. The minimum atomic E-state index is -0.739. The van der Waals surface area contributed by atoms with E-state index in [1.807, 2.05) is 13.0 Å². The zero-order valence-corrected chi connectivity index (χ0v) is 8.10. The Labute approximate surface area is 81.8 Å². The van der Waals surface area contributed by atoms with Crippen LogP contribution in [0.2, 0.25) is 5.15 Å². The van der Waals surface area contributed by atoms with Gasteiger partial charge < -0.3 is 10.4 Å². The molecule has 0 radical (unpaired) electrons. The number of hydrogen-bond acceptors (Lipinski definition) is 3. The van der Waals surface area contributed by atoms with Crippen molar-refractivity contribution in [2.45, 2.75) is 12.5 Å². The smallest absolute Gasteiger partial charge is 0.129 e. The quantitative estimate of drug-likeness (QED) is 0.658. The molecule has 1 aliphatic heterocycles. The molecule has 1 aliphatic rings. The third kappa shape index (κ3) is 1.55. The molecular weight excluding hydrogens is 188 g/mol. The van der Waals surface area contributed by atoms with Gasteiger partial charge in [-0.25, -0.2) is 4.98 Å². The summed E-state index contributed by atoms with van der Waals surface area (Å²) in [4.78, 5) is 4.04. The molecule has 13 heavy (non-hydrogen) atoms. The first-order valence-electron chi connectivity index (χ1n) is 4.18. The highest BCUT2D eigenvalue weighted by Crippen LogP contribution is 2.27. The highest BCUT2D eigenvalue weighted by molar-refractivity contribution is 6.29. The molecule has 2 N–H and O–H groups in total. The Balaban J connectivity index is 2.39. The van der Waals surface area contributed by atoms with Crippen LogP contribution in [0, 0.1) is 6.92 Å². The molecule has 0 aliphatic carbocycles. The Hall–Kier alpha value is -0.640. The van der Waals surface area contributed by atoms with Gasteiger partial charge in [0.05, 0.1) is 0 Å². The van der Waals surface area contributed by atoms with Crippen molar-refractivity contribution in [3.8, 4) is 0 Å². The largest absolute Gasteiger partial charge is 0.382 e. The number of halogens is 1. The summed E-state index contributed by atoms with van der Waals surface area (Å²) in [6.07, 6.45) is 0. The van der Waals surface area contributed by atoms with Gasteiger partial charge in [-0.05, 0) is 24.6 Å². The number of aliphatic hydroxyl groups is 1. The summed E-state index contributed by atoms with van der Waals surface area (Å²) in [6, 6.07) is 3.59. The van der Waals surface area contributed by atoms with Gasteiger partial charge >= 0.3 is 0 Å². The van der Waals surface area contributed by atoms with Gasteiger partial charge in [0.15, 0.2) is 0 Å². The zero-order valence-electron chi connectivity index (χ0n) is 7.34. The minimum absolute atomic E-state index is 0.440. The fourth-order valence-corrected chi connectivity index (χ4v) is 1.71. The standard InChI is InChI=1S/C9H11ClN2O/c1-6-2-7(3-8(10)12-6)9(13)4-11-5-9/h2-3,11,13H,4-5H2,1H3. The first kappa shape index (κ1) is 8.94. The maximum Gasteiger partial charge on any atom is 0.129 e. The Morgan fingerprint density at radius 3 is 2.69 bits per heavy atom. The predicted molar refractivity (Wildman–Crippen MR) is 50.8 cm³/mol. The molecular formula is C9H11ClN2O. The van der Waals surface area contributed by atoms with Crippen LogP contribution in [0.5, 0.6) is 0 Å². The summed E-state index contributed by atoms with van der Waals surface area (Å²) >= 11 is 5.79. The van der Waals surface area contributed by atoms with Crippen molar-refractivity contribution in [2.75, 3.05) is 13.1 Å². The molecule has 0 spiro atoms. The fraction of sp³-hybridized carbons (Fsp3) is 0.444. The van der Waals surface area contributed by atoms with Crippen LogP contribution in [-0.2, 0) is 5.60 Å². The normalized spacial score (nSPS) is 19.6.